The molecule has 0 spiro atoms. The number of carbonyl (C=O) groups excluding carboxylic acids is 1. The predicted octanol–water partition coefficient (Wildman–Crippen LogP) is 5.54. The molecule has 0 bridgehead atoms. The summed E-state index contributed by atoms with van der Waals surface area (Å²) < 4.78 is 14.7. The van der Waals surface area contributed by atoms with E-state index >= 15 is 0 Å². The van der Waals surface area contributed by atoms with Gasteiger partial charge in [-0.1, -0.05) is 60.1 Å². The van der Waals surface area contributed by atoms with Crippen LogP contribution in [0.15, 0.2) is 84.6 Å². The van der Waals surface area contributed by atoms with Gasteiger partial charge >= 0.3 is 0 Å². The van der Waals surface area contributed by atoms with Crippen LogP contribution in [-0.4, -0.2) is 11.0 Å². The van der Waals surface area contributed by atoms with Crippen molar-refractivity contribution in [2.45, 2.75) is 6.04 Å². The second kappa shape index (κ2) is 6.89. The smallest absolute Gasteiger partial charge is 0.294 e. The van der Waals surface area contributed by atoms with E-state index in [0.29, 0.717) is 27.4 Å². The molecular formula is C22H15ClFNO2. The molecule has 1 aliphatic rings. The fourth-order valence-electron chi connectivity index (χ4n) is 3.38. The number of aliphatic hydroxyl groups is 1. The highest BCUT2D eigenvalue weighted by molar-refractivity contribution is 6.30. The van der Waals surface area contributed by atoms with Crippen LogP contribution in [-0.2, 0) is 4.79 Å². The maximum atomic E-state index is 14.7. The van der Waals surface area contributed by atoms with Crippen LogP contribution < -0.4 is 4.90 Å². The molecule has 0 aromatic heterocycles. The largest absolute Gasteiger partial charge is 0.503 e. The third-order valence-corrected chi connectivity index (χ3v) is 4.85. The molecule has 4 rings (SSSR count). The van der Waals surface area contributed by atoms with Gasteiger partial charge in [0.05, 0.1) is 6.04 Å². The normalized spacial score (nSPS) is 16.9. The Labute approximate surface area is 160 Å². The van der Waals surface area contributed by atoms with Crippen LogP contribution in [0.3, 0.4) is 0 Å². The first-order valence-electron chi connectivity index (χ1n) is 8.40. The van der Waals surface area contributed by atoms with Crippen LogP contribution in [0.1, 0.15) is 17.2 Å². The Morgan fingerprint density at radius 1 is 0.889 bits per heavy atom. The number of hydrogen-bond acceptors (Lipinski definition) is 2. The maximum Gasteiger partial charge on any atom is 0.294 e. The third kappa shape index (κ3) is 2.98. The minimum absolute atomic E-state index is 0.309. The lowest BCUT2D eigenvalue weighted by Gasteiger charge is -2.27. The summed E-state index contributed by atoms with van der Waals surface area (Å²) in [7, 11) is 0. The first kappa shape index (κ1) is 17.3. The molecular weight excluding hydrogens is 365 g/mol. The highest BCUT2D eigenvalue weighted by Crippen LogP contribution is 2.45. The minimum Gasteiger partial charge on any atom is -0.503 e. The molecule has 0 radical (unpaired) electrons. The van der Waals surface area contributed by atoms with E-state index in [2.05, 4.69) is 0 Å². The zero-order chi connectivity index (χ0) is 19.0. The van der Waals surface area contributed by atoms with Crippen molar-refractivity contribution < 1.29 is 14.3 Å². The number of rotatable bonds is 3. The first-order chi connectivity index (χ1) is 13.1. The van der Waals surface area contributed by atoms with Gasteiger partial charge in [-0.25, -0.2) is 4.39 Å². The van der Waals surface area contributed by atoms with Crippen molar-refractivity contribution >= 4 is 28.8 Å². The Balaban J connectivity index is 1.94. The number of halogens is 2. The molecule has 3 nitrogen and oxygen atoms in total. The molecule has 1 heterocycles. The van der Waals surface area contributed by atoms with Gasteiger partial charge in [-0.3, -0.25) is 9.69 Å². The van der Waals surface area contributed by atoms with Crippen molar-refractivity contribution in [3.8, 4) is 0 Å². The molecule has 1 atom stereocenters. The average Bonchev–Trinajstić information content (AvgIpc) is 2.95. The number of hydrogen-bond donors (Lipinski definition) is 1. The van der Waals surface area contributed by atoms with Gasteiger partial charge in [0.2, 0.25) is 0 Å². The minimum atomic E-state index is -0.790. The summed E-state index contributed by atoms with van der Waals surface area (Å²) in [5.41, 5.74) is 1.87. The van der Waals surface area contributed by atoms with Gasteiger partial charge in [-0.15, -0.1) is 0 Å². The Hall–Kier alpha value is -3.11. The highest BCUT2D eigenvalue weighted by atomic mass is 35.5. The zero-order valence-electron chi connectivity index (χ0n) is 14.1. The summed E-state index contributed by atoms with van der Waals surface area (Å²) in [6.07, 6.45) is 0. The van der Waals surface area contributed by atoms with Gasteiger partial charge in [0.15, 0.2) is 5.76 Å². The quantitative estimate of drug-likeness (QED) is 0.649. The summed E-state index contributed by atoms with van der Waals surface area (Å²) in [6, 6.07) is 21.2. The first-order valence-corrected chi connectivity index (χ1v) is 8.78. The van der Waals surface area contributed by atoms with E-state index in [9.17, 15) is 14.3 Å². The Morgan fingerprint density at radius 2 is 1.52 bits per heavy atom. The van der Waals surface area contributed by atoms with Crippen molar-refractivity contribution in [1.29, 1.82) is 0 Å². The molecule has 0 fully saturated rings. The second-order valence-corrected chi connectivity index (χ2v) is 6.64. The maximum absolute atomic E-state index is 14.7. The van der Waals surface area contributed by atoms with E-state index in [-0.39, 0.29) is 5.76 Å². The average molecular weight is 380 g/mol. The summed E-state index contributed by atoms with van der Waals surface area (Å²) in [5.74, 6) is -1.41. The second-order valence-electron chi connectivity index (χ2n) is 6.20. The SMILES string of the molecule is O=C1C(O)=C(c2ccccc2)[C@@H](c2ccccc2F)N1c1ccc(Cl)cc1. The fraction of sp³-hybridized carbons (Fsp3) is 0.0455. The summed E-state index contributed by atoms with van der Waals surface area (Å²) in [4.78, 5) is 14.3. The number of carbonyl (C=O) groups is 1. The molecule has 3 aromatic rings. The Kier molecular flexibility index (Phi) is 4.42. The molecule has 0 saturated heterocycles. The standard InChI is InChI=1S/C22H15ClFNO2/c23-15-10-12-16(13-11-15)25-20(17-8-4-5-9-18(17)24)19(21(26)22(25)27)14-6-2-1-3-7-14/h1-13,20,26H/t20-/m1/s1. The molecule has 0 aliphatic carbocycles. The molecule has 1 amide bonds. The fourth-order valence-corrected chi connectivity index (χ4v) is 3.50. The number of nitrogens with zero attached hydrogens (tertiary/aromatic N) is 1. The van der Waals surface area contributed by atoms with Crippen molar-refractivity contribution in [2.24, 2.45) is 0 Å². The van der Waals surface area contributed by atoms with Crippen LogP contribution in [0.5, 0.6) is 0 Å². The summed E-state index contributed by atoms with van der Waals surface area (Å²) in [6.45, 7) is 0. The van der Waals surface area contributed by atoms with Gasteiger partial charge in [0.25, 0.3) is 5.91 Å². The third-order valence-electron chi connectivity index (χ3n) is 4.60. The van der Waals surface area contributed by atoms with E-state index in [4.69, 9.17) is 11.6 Å². The molecule has 0 saturated carbocycles. The molecule has 1 N–H and O–H groups in total. The lowest BCUT2D eigenvalue weighted by Crippen LogP contribution is -2.30. The lowest BCUT2D eigenvalue weighted by molar-refractivity contribution is -0.117. The zero-order valence-corrected chi connectivity index (χ0v) is 14.9. The topological polar surface area (TPSA) is 40.5 Å². The van der Waals surface area contributed by atoms with Gasteiger partial charge < -0.3 is 5.11 Å². The molecule has 134 valence electrons. The van der Waals surface area contributed by atoms with Crippen LogP contribution in [0, 0.1) is 5.82 Å². The van der Waals surface area contributed by atoms with Gasteiger partial charge in [-0.2, -0.15) is 0 Å². The Bertz CT molecular complexity index is 1030. The van der Waals surface area contributed by atoms with E-state index in [1.54, 1.807) is 54.6 Å². The monoisotopic (exact) mass is 379 g/mol. The lowest BCUT2D eigenvalue weighted by atomic mass is 9.93. The van der Waals surface area contributed by atoms with Gasteiger partial charge in [0.1, 0.15) is 5.82 Å². The van der Waals surface area contributed by atoms with Gasteiger partial charge in [-0.05, 0) is 35.9 Å². The molecule has 0 unspecified atom stereocenters. The Morgan fingerprint density at radius 3 is 2.19 bits per heavy atom. The number of aliphatic hydroxyl groups excluding tert-OH is 1. The summed E-state index contributed by atoms with van der Waals surface area (Å²) in [5, 5.41) is 11.2. The predicted molar refractivity (Wildman–Crippen MR) is 104 cm³/mol. The van der Waals surface area contributed by atoms with E-state index in [1.807, 2.05) is 18.2 Å². The van der Waals surface area contributed by atoms with E-state index < -0.39 is 17.8 Å². The van der Waals surface area contributed by atoms with Crippen LogP contribution in [0.4, 0.5) is 10.1 Å². The molecule has 27 heavy (non-hydrogen) atoms. The molecule has 3 aromatic carbocycles. The van der Waals surface area contributed by atoms with E-state index in [0.717, 1.165) is 0 Å². The van der Waals surface area contributed by atoms with Crippen LogP contribution in [0.25, 0.3) is 5.57 Å². The molecule has 1 aliphatic heterocycles. The van der Waals surface area contributed by atoms with Crippen LogP contribution in [0.2, 0.25) is 5.02 Å². The number of amides is 1. The highest BCUT2D eigenvalue weighted by Gasteiger charge is 2.42. The van der Waals surface area contributed by atoms with Crippen molar-refractivity contribution in [3.05, 3.63) is 107 Å². The van der Waals surface area contributed by atoms with Crippen LogP contribution >= 0.6 is 11.6 Å². The number of benzene rings is 3. The number of anilines is 1. The molecule has 5 heteroatoms. The van der Waals surface area contributed by atoms with Gasteiger partial charge in [0, 0.05) is 21.8 Å². The van der Waals surface area contributed by atoms with Crippen molar-refractivity contribution in [2.75, 3.05) is 4.90 Å². The van der Waals surface area contributed by atoms with E-state index in [1.165, 1.54) is 11.0 Å². The summed E-state index contributed by atoms with van der Waals surface area (Å²) >= 11 is 5.96. The van der Waals surface area contributed by atoms with Crippen molar-refractivity contribution in [1.82, 2.24) is 0 Å². The van der Waals surface area contributed by atoms with Crippen molar-refractivity contribution in [3.63, 3.8) is 0 Å².